The molecular formula is C21H21NO2. The van der Waals surface area contributed by atoms with Gasteiger partial charge in [0.15, 0.2) is 0 Å². The lowest BCUT2D eigenvalue weighted by Gasteiger charge is -2.12. The summed E-state index contributed by atoms with van der Waals surface area (Å²) >= 11 is 0. The first-order valence-corrected chi connectivity index (χ1v) is 8.07. The van der Waals surface area contributed by atoms with Crippen molar-refractivity contribution >= 4 is 16.7 Å². The van der Waals surface area contributed by atoms with E-state index in [4.69, 9.17) is 10.5 Å². The first-order chi connectivity index (χ1) is 11.6. The van der Waals surface area contributed by atoms with Gasteiger partial charge in [0.05, 0.1) is 0 Å². The third-order valence-electron chi connectivity index (χ3n) is 4.04. The number of hydrogen-bond acceptors (Lipinski definition) is 3. The van der Waals surface area contributed by atoms with Crippen molar-refractivity contribution in [3.8, 4) is 0 Å². The van der Waals surface area contributed by atoms with E-state index in [1.165, 1.54) is 10.9 Å². The van der Waals surface area contributed by atoms with Crippen LogP contribution in [0, 0.1) is 6.92 Å². The van der Waals surface area contributed by atoms with Crippen LogP contribution >= 0.6 is 0 Å². The number of rotatable bonds is 5. The minimum Gasteiger partial charge on any atom is -0.460 e. The second kappa shape index (κ2) is 7.28. The van der Waals surface area contributed by atoms with Crippen molar-refractivity contribution in [1.29, 1.82) is 0 Å². The van der Waals surface area contributed by atoms with Crippen LogP contribution in [-0.4, -0.2) is 12.0 Å². The standard InChI is InChI=1S/C21H21NO2/c1-15-7-9-19-12-17(8-10-18(19)11-15)13-20(22)21(23)24-14-16-5-3-2-4-6-16/h2-12,20H,13-14,22H2,1H3/t20-/m0/s1. The van der Waals surface area contributed by atoms with Crippen molar-refractivity contribution in [3.63, 3.8) is 0 Å². The van der Waals surface area contributed by atoms with Crippen molar-refractivity contribution in [1.82, 2.24) is 0 Å². The van der Waals surface area contributed by atoms with Gasteiger partial charge in [-0.25, -0.2) is 0 Å². The highest BCUT2D eigenvalue weighted by Gasteiger charge is 2.16. The molecule has 0 aliphatic heterocycles. The van der Waals surface area contributed by atoms with E-state index in [0.29, 0.717) is 6.42 Å². The largest absolute Gasteiger partial charge is 0.460 e. The van der Waals surface area contributed by atoms with Gasteiger partial charge in [0, 0.05) is 0 Å². The van der Waals surface area contributed by atoms with Crippen LogP contribution in [-0.2, 0) is 22.6 Å². The molecule has 0 radical (unpaired) electrons. The number of aryl methyl sites for hydroxylation is 1. The number of ether oxygens (including phenoxy) is 1. The van der Waals surface area contributed by atoms with Gasteiger partial charge in [-0.1, -0.05) is 72.3 Å². The number of nitrogens with two attached hydrogens (primary N) is 1. The topological polar surface area (TPSA) is 52.3 Å². The van der Waals surface area contributed by atoms with E-state index in [-0.39, 0.29) is 12.6 Å². The zero-order valence-corrected chi connectivity index (χ0v) is 13.7. The molecule has 0 aliphatic rings. The summed E-state index contributed by atoms with van der Waals surface area (Å²) in [5, 5.41) is 2.35. The average Bonchev–Trinajstić information content (AvgIpc) is 2.60. The summed E-state index contributed by atoms with van der Waals surface area (Å²) in [4.78, 5) is 12.1. The Hall–Kier alpha value is -2.65. The molecule has 0 heterocycles. The van der Waals surface area contributed by atoms with Gasteiger partial charge in [-0.3, -0.25) is 4.79 Å². The van der Waals surface area contributed by atoms with Crippen molar-refractivity contribution in [3.05, 3.63) is 83.4 Å². The predicted molar refractivity (Wildman–Crippen MR) is 96.6 cm³/mol. The maximum atomic E-state index is 12.1. The lowest BCUT2D eigenvalue weighted by Crippen LogP contribution is -2.34. The number of carbonyl (C=O) groups excluding carboxylic acids is 1. The van der Waals surface area contributed by atoms with Crippen molar-refractivity contribution < 1.29 is 9.53 Å². The molecule has 0 saturated carbocycles. The van der Waals surface area contributed by atoms with Gasteiger partial charge in [-0.05, 0) is 35.2 Å². The van der Waals surface area contributed by atoms with Crippen LogP contribution in [0.1, 0.15) is 16.7 Å². The third-order valence-corrected chi connectivity index (χ3v) is 4.04. The maximum absolute atomic E-state index is 12.1. The molecular weight excluding hydrogens is 298 g/mol. The van der Waals surface area contributed by atoms with E-state index in [2.05, 4.69) is 37.3 Å². The van der Waals surface area contributed by atoms with Gasteiger partial charge in [0.25, 0.3) is 0 Å². The molecule has 0 bridgehead atoms. The Morgan fingerprint density at radius 1 is 0.958 bits per heavy atom. The summed E-state index contributed by atoms with van der Waals surface area (Å²) in [7, 11) is 0. The molecule has 3 nitrogen and oxygen atoms in total. The number of benzene rings is 3. The minimum atomic E-state index is -0.656. The summed E-state index contributed by atoms with van der Waals surface area (Å²) < 4.78 is 5.30. The van der Waals surface area contributed by atoms with Gasteiger partial charge in [-0.15, -0.1) is 0 Å². The highest BCUT2D eigenvalue weighted by Crippen LogP contribution is 2.18. The highest BCUT2D eigenvalue weighted by atomic mass is 16.5. The van der Waals surface area contributed by atoms with Gasteiger partial charge in [-0.2, -0.15) is 0 Å². The number of carbonyl (C=O) groups is 1. The molecule has 1 atom stereocenters. The second-order valence-electron chi connectivity index (χ2n) is 6.09. The van der Waals surface area contributed by atoms with Gasteiger partial charge in [0.1, 0.15) is 12.6 Å². The molecule has 0 saturated heterocycles. The fourth-order valence-corrected chi connectivity index (χ4v) is 2.71. The van der Waals surface area contributed by atoms with Crippen molar-refractivity contribution in [2.45, 2.75) is 26.0 Å². The second-order valence-corrected chi connectivity index (χ2v) is 6.09. The fraction of sp³-hybridized carbons (Fsp3) is 0.190. The molecule has 24 heavy (non-hydrogen) atoms. The maximum Gasteiger partial charge on any atom is 0.323 e. The van der Waals surface area contributed by atoms with Gasteiger partial charge in [0.2, 0.25) is 0 Å². The normalized spacial score (nSPS) is 12.1. The Bertz CT molecular complexity index is 843. The highest BCUT2D eigenvalue weighted by molar-refractivity contribution is 5.84. The Morgan fingerprint density at radius 2 is 1.67 bits per heavy atom. The smallest absolute Gasteiger partial charge is 0.323 e. The Kier molecular flexibility index (Phi) is 4.92. The van der Waals surface area contributed by atoms with E-state index in [1.54, 1.807) is 0 Å². The van der Waals surface area contributed by atoms with E-state index < -0.39 is 6.04 Å². The number of esters is 1. The first kappa shape index (κ1) is 16.2. The summed E-state index contributed by atoms with van der Waals surface area (Å²) in [5.74, 6) is -0.372. The minimum absolute atomic E-state index is 0.254. The molecule has 3 rings (SSSR count). The first-order valence-electron chi connectivity index (χ1n) is 8.07. The summed E-state index contributed by atoms with van der Waals surface area (Å²) in [6.45, 7) is 2.33. The predicted octanol–water partition coefficient (Wildman–Crippen LogP) is 3.76. The SMILES string of the molecule is Cc1ccc2cc(C[C@H](N)C(=O)OCc3ccccc3)ccc2c1. The van der Waals surface area contributed by atoms with Crippen molar-refractivity contribution in [2.75, 3.05) is 0 Å². The monoisotopic (exact) mass is 319 g/mol. The molecule has 3 aromatic carbocycles. The quantitative estimate of drug-likeness (QED) is 0.729. The van der Waals surface area contributed by atoms with Crippen LogP contribution in [0.25, 0.3) is 10.8 Å². The zero-order valence-electron chi connectivity index (χ0n) is 13.7. The molecule has 0 aromatic heterocycles. The van der Waals surface area contributed by atoms with Crippen LogP contribution in [0.4, 0.5) is 0 Å². The molecule has 0 amide bonds. The summed E-state index contributed by atoms with van der Waals surface area (Å²) in [6.07, 6.45) is 0.470. The molecule has 3 heteroatoms. The lowest BCUT2D eigenvalue weighted by molar-refractivity contribution is -0.146. The number of fused-ring (bicyclic) bond motifs is 1. The van der Waals surface area contributed by atoms with Gasteiger partial charge >= 0.3 is 5.97 Å². The summed E-state index contributed by atoms with van der Waals surface area (Å²) in [6, 6.07) is 21.4. The van der Waals surface area contributed by atoms with E-state index >= 15 is 0 Å². The van der Waals surface area contributed by atoms with Crippen LogP contribution < -0.4 is 5.73 Å². The summed E-state index contributed by atoms with van der Waals surface area (Å²) in [5.41, 5.74) is 9.23. The number of hydrogen-bond donors (Lipinski definition) is 1. The molecule has 0 unspecified atom stereocenters. The zero-order chi connectivity index (χ0) is 16.9. The Morgan fingerprint density at radius 3 is 2.46 bits per heavy atom. The molecule has 3 aromatic rings. The van der Waals surface area contributed by atoms with Crippen LogP contribution in [0.3, 0.4) is 0 Å². The molecule has 0 spiro atoms. The molecule has 0 fully saturated rings. The lowest BCUT2D eigenvalue weighted by atomic mass is 10.0. The van der Waals surface area contributed by atoms with E-state index in [0.717, 1.165) is 16.5 Å². The van der Waals surface area contributed by atoms with Crippen LogP contribution in [0.5, 0.6) is 0 Å². The molecule has 2 N–H and O–H groups in total. The Balaban J connectivity index is 1.62. The third kappa shape index (κ3) is 4.00. The molecule has 0 aliphatic carbocycles. The van der Waals surface area contributed by atoms with Crippen LogP contribution in [0.2, 0.25) is 0 Å². The molecule has 122 valence electrons. The van der Waals surface area contributed by atoms with Crippen LogP contribution in [0.15, 0.2) is 66.7 Å². The van der Waals surface area contributed by atoms with Crippen molar-refractivity contribution in [2.24, 2.45) is 5.73 Å². The fourth-order valence-electron chi connectivity index (χ4n) is 2.71. The van der Waals surface area contributed by atoms with E-state index in [1.807, 2.05) is 36.4 Å². The average molecular weight is 319 g/mol. The van der Waals surface area contributed by atoms with E-state index in [9.17, 15) is 4.79 Å². The Labute approximate surface area is 142 Å². The van der Waals surface area contributed by atoms with Gasteiger partial charge < -0.3 is 10.5 Å².